The monoisotopic (exact) mass is 287 g/mol. The summed E-state index contributed by atoms with van der Waals surface area (Å²) in [6.07, 6.45) is 1.24. The maximum atomic E-state index is 13.4. The van der Waals surface area contributed by atoms with Crippen molar-refractivity contribution in [2.75, 3.05) is 32.5 Å². The minimum atomic E-state index is -2.82. The normalized spacial score (nSPS) is 20.6. The Balaban J connectivity index is 2.07. The molecule has 1 atom stereocenters. The quantitative estimate of drug-likeness (QED) is 0.792. The molecule has 0 spiro atoms. The summed E-state index contributed by atoms with van der Waals surface area (Å²) in [5, 5.41) is 2.60. The first-order chi connectivity index (χ1) is 9.44. The molecular formula is C12H15F2N3O3. The van der Waals surface area contributed by atoms with Crippen LogP contribution in [0, 0.1) is 5.92 Å². The number of methoxy groups -OCH3 is 1. The summed E-state index contributed by atoms with van der Waals surface area (Å²) in [7, 11) is 1.23. The van der Waals surface area contributed by atoms with Crippen molar-refractivity contribution < 1.29 is 23.0 Å². The standard InChI is InChI=1S/C12H15F2N3O3/c1-19-11(18)7-2-9(10(15)17-3-7)20-5-8-4-16-6-12(8,13)14/h2-3,8,16H,4-6H2,1H3,(H2,15,17). The summed E-state index contributed by atoms with van der Waals surface area (Å²) < 4.78 is 36.6. The van der Waals surface area contributed by atoms with E-state index in [0.29, 0.717) is 0 Å². The first-order valence-electron chi connectivity index (χ1n) is 5.99. The van der Waals surface area contributed by atoms with Crippen LogP contribution in [0.3, 0.4) is 0 Å². The summed E-state index contributed by atoms with van der Waals surface area (Å²) in [6, 6.07) is 1.33. The van der Waals surface area contributed by atoms with Crippen LogP contribution < -0.4 is 15.8 Å². The van der Waals surface area contributed by atoms with E-state index in [1.54, 1.807) is 0 Å². The SMILES string of the molecule is COC(=O)c1cnc(N)c(OCC2CNCC2(F)F)c1. The Hall–Kier alpha value is -1.96. The van der Waals surface area contributed by atoms with Gasteiger partial charge in [-0.3, -0.25) is 0 Å². The summed E-state index contributed by atoms with van der Waals surface area (Å²) in [5.74, 6) is -4.23. The molecule has 0 aromatic carbocycles. The Labute approximate surface area is 114 Å². The summed E-state index contributed by atoms with van der Waals surface area (Å²) >= 11 is 0. The highest BCUT2D eigenvalue weighted by atomic mass is 19.3. The molecule has 0 amide bonds. The van der Waals surface area contributed by atoms with Crippen LogP contribution in [0.5, 0.6) is 5.75 Å². The van der Waals surface area contributed by atoms with Gasteiger partial charge in [0.1, 0.15) is 0 Å². The lowest BCUT2D eigenvalue weighted by atomic mass is 10.1. The van der Waals surface area contributed by atoms with E-state index in [2.05, 4.69) is 15.0 Å². The molecule has 20 heavy (non-hydrogen) atoms. The molecule has 3 N–H and O–H groups in total. The molecule has 1 aliphatic heterocycles. The number of nitrogen functional groups attached to an aromatic ring is 1. The molecule has 0 bridgehead atoms. The number of alkyl halides is 2. The third kappa shape index (κ3) is 2.96. The molecule has 2 rings (SSSR count). The van der Waals surface area contributed by atoms with Gasteiger partial charge in [-0.15, -0.1) is 0 Å². The van der Waals surface area contributed by atoms with Crippen LogP contribution >= 0.6 is 0 Å². The Morgan fingerprint density at radius 3 is 3.00 bits per heavy atom. The number of carbonyl (C=O) groups excluding carboxylic acids is 1. The molecule has 1 aromatic heterocycles. The number of esters is 1. The molecule has 110 valence electrons. The van der Waals surface area contributed by atoms with E-state index in [1.165, 1.54) is 19.4 Å². The fourth-order valence-corrected chi connectivity index (χ4v) is 1.88. The average molecular weight is 287 g/mol. The number of halogens is 2. The van der Waals surface area contributed by atoms with Crippen LogP contribution in [0.2, 0.25) is 0 Å². The Kier molecular flexibility index (Phi) is 4.03. The minimum Gasteiger partial charge on any atom is -0.489 e. The van der Waals surface area contributed by atoms with Crippen molar-refractivity contribution in [1.29, 1.82) is 0 Å². The van der Waals surface area contributed by atoms with E-state index in [4.69, 9.17) is 10.5 Å². The fraction of sp³-hybridized carbons (Fsp3) is 0.500. The van der Waals surface area contributed by atoms with Gasteiger partial charge in [0, 0.05) is 18.8 Å². The van der Waals surface area contributed by atoms with Gasteiger partial charge in [-0.1, -0.05) is 0 Å². The van der Waals surface area contributed by atoms with Crippen molar-refractivity contribution >= 4 is 11.8 Å². The summed E-state index contributed by atoms with van der Waals surface area (Å²) in [5.41, 5.74) is 5.74. The zero-order valence-electron chi connectivity index (χ0n) is 10.9. The number of rotatable bonds is 4. The molecule has 0 saturated carbocycles. The van der Waals surface area contributed by atoms with E-state index in [0.717, 1.165) is 0 Å². The molecule has 1 saturated heterocycles. The number of hydrogen-bond acceptors (Lipinski definition) is 6. The van der Waals surface area contributed by atoms with Crippen LogP contribution in [0.4, 0.5) is 14.6 Å². The van der Waals surface area contributed by atoms with Crippen LogP contribution in [-0.2, 0) is 4.74 Å². The lowest BCUT2D eigenvalue weighted by Gasteiger charge is -2.18. The van der Waals surface area contributed by atoms with E-state index >= 15 is 0 Å². The molecule has 1 fully saturated rings. The van der Waals surface area contributed by atoms with Crippen molar-refractivity contribution in [3.63, 3.8) is 0 Å². The van der Waals surface area contributed by atoms with Gasteiger partial charge in [-0.05, 0) is 0 Å². The highest BCUT2D eigenvalue weighted by Gasteiger charge is 2.44. The smallest absolute Gasteiger partial charge is 0.339 e. The molecule has 0 radical (unpaired) electrons. The van der Waals surface area contributed by atoms with Gasteiger partial charge in [-0.25, -0.2) is 18.6 Å². The topological polar surface area (TPSA) is 86.5 Å². The first kappa shape index (κ1) is 14.4. The molecule has 1 unspecified atom stereocenters. The third-order valence-corrected chi connectivity index (χ3v) is 3.09. The van der Waals surface area contributed by atoms with Gasteiger partial charge in [-0.2, -0.15) is 0 Å². The summed E-state index contributed by atoms with van der Waals surface area (Å²) in [6.45, 7) is -0.412. The predicted octanol–water partition coefficient (Wildman–Crippen LogP) is 0.684. The van der Waals surface area contributed by atoms with Crippen molar-refractivity contribution in [3.05, 3.63) is 17.8 Å². The lowest BCUT2D eigenvalue weighted by Crippen LogP contribution is -2.31. The molecule has 1 aromatic rings. The number of nitrogens with one attached hydrogen (secondary N) is 1. The zero-order chi connectivity index (χ0) is 14.8. The highest BCUT2D eigenvalue weighted by molar-refractivity contribution is 5.89. The van der Waals surface area contributed by atoms with Crippen LogP contribution in [-0.4, -0.2) is 43.7 Å². The fourth-order valence-electron chi connectivity index (χ4n) is 1.88. The highest BCUT2D eigenvalue weighted by Crippen LogP contribution is 2.29. The first-order valence-corrected chi connectivity index (χ1v) is 5.99. The average Bonchev–Trinajstić information content (AvgIpc) is 2.76. The van der Waals surface area contributed by atoms with Gasteiger partial charge >= 0.3 is 5.97 Å². The molecular weight excluding hydrogens is 272 g/mol. The number of hydrogen-bond donors (Lipinski definition) is 2. The van der Waals surface area contributed by atoms with Crippen LogP contribution in [0.15, 0.2) is 12.3 Å². The third-order valence-electron chi connectivity index (χ3n) is 3.09. The second-order valence-electron chi connectivity index (χ2n) is 4.50. The van der Waals surface area contributed by atoms with Gasteiger partial charge in [0.2, 0.25) is 0 Å². The van der Waals surface area contributed by atoms with Crippen molar-refractivity contribution in [2.45, 2.75) is 5.92 Å². The summed E-state index contributed by atoms with van der Waals surface area (Å²) in [4.78, 5) is 15.1. The molecule has 2 heterocycles. The van der Waals surface area contributed by atoms with Crippen molar-refractivity contribution in [2.24, 2.45) is 5.92 Å². The van der Waals surface area contributed by atoms with E-state index in [1.807, 2.05) is 0 Å². The molecule has 8 heteroatoms. The predicted molar refractivity (Wildman–Crippen MR) is 66.8 cm³/mol. The maximum Gasteiger partial charge on any atom is 0.339 e. The van der Waals surface area contributed by atoms with Crippen molar-refractivity contribution in [1.82, 2.24) is 10.3 Å². The second kappa shape index (κ2) is 5.58. The largest absolute Gasteiger partial charge is 0.489 e. The molecule has 6 nitrogen and oxygen atoms in total. The van der Waals surface area contributed by atoms with Crippen molar-refractivity contribution in [3.8, 4) is 5.75 Å². The van der Waals surface area contributed by atoms with Gasteiger partial charge in [0.05, 0.1) is 31.7 Å². The van der Waals surface area contributed by atoms with E-state index < -0.39 is 17.8 Å². The number of nitrogens with zero attached hydrogens (tertiary/aromatic N) is 1. The zero-order valence-corrected chi connectivity index (χ0v) is 10.9. The lowest BCUT2D eigenvalue weighted by molar-refractivity contribution is -0.0361. The van der Waals surface area contributed by atoms with Gasteiger partial charge < -0.3 is 20.5 Å². The van der Waals surface area contributed by atoms with E-state index in [-0.39, 0.29) is 36.8 Å². The number of nitrogens with two attached hydrogens (primary N) is 1. The second-order valence-corrected chi connectivity index (χ2v) is 4.50. The number of ether oxygens (including phenoxy) is 2. The minimum absolute atomic E-state index is 0.0342. The van der Waals surface area contributed by atoms with Gasteiger partial charge in [0.15, 0.2) is 11.6 Å². The van der Waals surface area contributed by atoms with E-state index in [9.17, 15) is 13.6 Å². The van der Waals surface area contributed by atoms with Crippen LogP contribution in [0.1, 0.15) is 10.4 Å². The maximum absolute atomic E-state index is 13.4. The number of anilines is 1. The number of carbonyl (C=O) groups is 1. The Bertz CT molecular complexity index is 511. The molecule has 0 aliphatic carbocycles. The number of pyridine rings is 1. The Morgan fingerprint density at radius 2 is 2.40 bits per heavy atom. The number of aromatic nitrogens is 1. The Morgan fingerprint density at radius 1 is 1.65 bits per heavy atom. The molecule has 1 aliphatic rings. The van der Waals surface area contributed by atoms with Crippen LogP contribution in [0.25, 0.3) is 0 Å². The van der Waals surface area contributed by atoms with Gasteiger partial charge in [0.25, 0.3) is 5.92 Å².